The van der Waals surface area contributed by atoms with E-state index >= 15 is 0 Å². The molecule has 5 rings (SSSR count). The topological polar surface area (TPSA) is 94.3 Å². The first-order valence-electron chi connectivity index (χ1n) is 13.2. The van der Waals surface area contributed by atoms with Gasteiger partial charge in [0.25, 0.3) is 0 Å². The van der Waals surface area contributed by atoms with E-state index in [2.05, 4.69) is 40.5 Å². The predicted molar refractivity (Wildman–Crippen MR) is 141 cm³/mol. The predicted octanol–water partition coefficient (Wildman–Crippen LogP) is 5.17. The summed E-state index contributed by atoms with van der Waals surface area (Å²) < 4.78 is 4.00. The molecule has 0 amide bonds. The maximum absolute atomic E-state index is 13.6. The van der Waals surface area contributed by atoms with Crippen LogP contribution in [-0.4, -0.2) is 34.7 Å². The van der Waals surface area contributed by atoms with Gasteiger partial charge in [0.1, 0.15) is 0 Å². The molecule has 1 aliphatic carbocycles. The minimum atomic E-state index is 0.109. The third kappa shape index (κ3) is 5.03. The summed E-state index contributed by atoms with van der Waals surface area (Å²) in [5.41, 5.74) is 6.14. The van der Waals surface area contributed by atoms with Crippen LogP contribution >= 0.6 is 0 Å². The first kappa shape index (κ1) is 24.2. The number of rotatable bonds is 9. The average molecular weight is 486 g/mol. The number of benzene rings is 1. The van der Waals surface area contributed by atoms with E-state index in [9.17, 15) is 4.79 Å². The molecule has 0 atom stereocenters. The number of aromatic nitrogens is 7. The summed E-state index contributed by atoms with van der Waals surface area (Å²) in [6.07, 6.45) is 11.3. The molecule has 1 saturated carbocycles. The Labute approximate surface area is 211 Å². The third-order valence-electron chi connectivity index (χ3n) is 7.51. The number of hydrogen-bond acceptors (Lipinski definition) is 5. The average Bonchev–Trinajstić information content (AvgIpc) is 3.53. The van der Waals surface area contributed by atoms with Crippen molar-refractivity contribution < 1.29 is 0 Å². The Morgan fingerprint density at radius 2 is 1.83 bits per heavy atom. The smallest absolute Gasteiger partial charge is 0.296 e. The molecule has 1 N–H and O–H groups in total. The summed E-state index contributed by atoms with van der Waals surface area (Å²) in [4.78, 5) is 18.3. The first-order chi connectivity index (χ1) is 17.7. The van der Waals surface area contributed by atoms with Crippen LogP contribution in [-0.2, 0) is 19.5 Å². The molecule has 8 heteroatoms. The maximum Gasteiger partial charge on any atom is 0.328 e. The van der Waals surface area contributed by atoms with E-state index in [0.29, 0.717) is 18.3 Å². The van der Waals surface area contributed by atoms with E-state index in [0.717, 1.165) is 59.6 Å². The van der Waals surface area contributed by atoms with Crippen molar-refractivity contribution in [1.29, 1.82) is 0 Å². The molecule has 1 aliphatic rings. The number of hydrogen-bond donors (Lipinski definition) is 1. The summed E-state index contributed by atoms with van der Waals surface area (Å²) in [5.74, 6) is 1.17. The van der Waals surface area contributed by atoms with E-state index in [4.69, 9.17) is 4.98 Å². The number of nitrogens with one attached hydrogen (secondary N) is 1. The number of imidazole rings is 1. The summed E-state index contributed by atoms with van der Waals surface area (Å²) in [5, 5.41) is 14.5. The SMILES string of the molecule is CCCCc1c(C)n(CC2CCCCC2)c(=O)n1Cc1ccc(-c2ccccc2-c2nn[nH]n2)cn1. The summed E-state index contributed by atoms with van der Waals surface area (Å²) in [6.45, 7) is 5.65. The van der Waals surface area contributed by atoms with Gasteiger partial charge in [0.15, 0.2) is 0 Å². The second-order valence-corrected chi connectivity index (χ2v) is 9.94. The first-order valence-corrected chi connectivity index (χ1v) is 13.2. The van der Waals surface area contributed by atoms with E-state index in [1.165, 1.54) is 32.1 Å². The number of tetrazole rings is 1. The van der Waals surface area contributed by atoms with E-state index < -0.39 is 0 Å². The zero-order chi connectivity index (χ0) is 24.9. The molecule has 0 aliphatic heterocycles. The van der Waals surface area contributed by atoms with Crippen molar-refractivity contribution in [3.05, 3.63) is 70.2 Å². The van der Waals surface area contributed by atoms with Crippen LogP contribution in [0.4, 0.5) is 0 Å². The fourth-order valence-corrected chi connectivity index (χ4v) is 5.47. The fraction of sp³-hybridized carbons (Fsp3) is 0.464. The van der Waals surface area contributed by atoms with Crippen molar-refractivity contribution >= 4 is 0 Å². The van der Waals surface area contributed by atoms with E-state index in [-0.39, 0.29) is 5.69 Å². The second kappa shape index (κ2) is 11.0. The van der Waals surface area contributed by atoms with E-state index in [1.807, 2.05) is 45.7 Å². The van der Waals surface area contributed by atoms with Gasteiger partial charge in [-0.2, -0.15) is 5.21 Å². The largest absolute Gasteiger partial charge is 0.328 e. The zero-order valence-corrected chi connectivity index (χ0v) is 21.3. The molecule has 188 valence electrons. The molecular formula is C28H35N7O. The molecule has 0 saturated heterocycles. The Bertz CT molecular complexity index is 1330. The Morgan fingerprint density at radius 1 is 1.03 bits per heavy atom. The molecule has 8 nitrogen and oxygen atoms in total. The number of nitrogens with zero attached hydrogens (tertiary/aromatic N) is 6. The molecule has 0 spiro atoms. The zero-order valence-electron chi connectivity index (χ0n) is 21.3. The normalized spacial score (nSPS) is 14.4. The number of pyridine rings is 1. The molecule has 4 aromatic rings. The van der Waals surface area contributed by atoms with Crippen molar-refractivity contribution in [3.8, 4) is 22.5 Å². The molecule has 3 heterocycles. The lowest BCUT2D eigenvalue weighted by molar-refractivity contribution is 0.313. The van der Waals surface area contributed by atoms with Crippen LogP contribution in [0.5, 0.6) is 0 Å². The van der Waals surface area contributed by atoms with Gasteiger partial charge in [-0.25, -0.2) is 4.79 Å². The van der Waals surface area contributed by atoms with Crippen molar-refractivity contribution in [2.24, 2.45) is 5.92 Å². The Morgan fingerprint density at radius 3 is 2.53 bits per heavy atom. The summed E-state index contributed by atoms with van der Waals surface area (Å²) >= 11 is 0. The van der Waals surface area contributed by atoms with Crippen LogP contribution in [0.2, 0.25) is 0 Å². The van der Waals surface area contributed by atoms with Crippen LogP contribution in [0, 0.1) is 12.8 Å². The highest BCUT2D eigenvalue weighted by Crippen LogP contribution is 2.29. The Balaban J connectivity index is 1.42. The van der Waals surface area contributed by atoms with Crippen molar-refractivity contribution in [1.82, 2.24) is 34.7 Å². The lowest BCUT2D eigenvalue weighted by atomic mass is 9.89. The monoisotopic (exact) mass is 485 g/mol. The Kier molecular flexibility index (Phi) is 7.39. The van der Waals surface area contributed by atoms with Gasteiger partial charge >= 0.3 is 5.69 Å². The molecule has 0 radical (unpaired) electrons. The minimum absolute atomic E-state index is 0.109. The van der Waals surface area contributed by atoms with Gasteiger partial charge in [-0.15, -0.1) is 10.2 Å². The fourth-order valence-electron chi connectivity index (χ4n) is 5.47. The number of unbranched alkanes of at least 4 members (excludes halogenated alkanes) is 1. The molecule has 0 bridgehead atoms. The van der Waals surface area contributed by atoms with Gasteiger partial charge in [0.05, 0.1) is 12.2 Å². The molecule has 0 unspecified atom stereocenters. The van der Waals surface area contributed by atoms with Crippen molar-refractivity contribution in [3.63, 3.8) is 0 Å². The highest BCUT2D eigenvalue weighted by Gasteiger charge is 2.21. The number of H-pyrrole nitrogens is 1. The van der Waals surface area contributed by atoms with Gasteiger partial charge in [-0.3, -0.25) is 14.1 Å². The van der Waals surface area contributed by atoms with Gasteiger partial charge in [0.2, 0.25) is 5.82 Å². The van der Waals surface area contributed by atoms with Gasteiger partial charge in [-0.05, 0) is 55.4 Å². The summed E-state index contributed by atoms with van der Waals surface area (Å²) in [6, 6.07) is 12.0. The molecule has 1 aromatic carbocycles. The lowest BCUT2D eigenvalue weighted by Crippen LogP contribution is -2.29. The van der Waals surface area contributed by atoms with Crippen LogP contribution in [0.1, 0.15) is 69.0 Å². The molecule has 36 heavy (non-hydrogen) atoms. The van der Waals surface area contributed by atoms with Gasteiger partial charge in [-0.1, -0.05) is 62.9 Å². The number of aromatic amines is 1. The van der Waals surface area contributed by atoms with Crippen LogP contribution < -0.4 is 5.69 Å². The Hall–Kier alpha value is -3.55. The van der Waals surface area contributed by atoms with Crippen LogP contribution in [0.25, 0.3) is 22.5 Å². The second-order valence-electron chi connectivity index (χ2n) is 9.94. The van der Waals surface area contributed by atoms with Crippen molar-refractivity contribution in [2.75, 3.05) is 0 Å². The van der Waals surface area contributed by atoms with Gasteiger partial charge < -0.3 is 0 Å². The molecular weight excluding hydrogens is 450 g/mol. The summed E-state index contributed by atoms with van der Waals surface area (Å²) in [7, 11) is 0. The third-order valence-corrected chi connectivity index (χ3v) is 7.51. The minimum Gasteiger partial charge on any atom is -0.296 e. The molecule has 3 aromatic heterocycles. The maximum atomic E-state index is 13.6. The highest BCUT2D eigenvalue weighted by molar-refractivity contribution is 5.79. The van der Waals surface area contributed by atoms with Crippen molar-refractivity contribution in [2.45, 2.75) is 78.3 Å². The van der Waals surface area contributed by atoms with Crippen LogP contribution in [0.3, 0.4) is 0 Å². The lowest BCUT2D eigenvalue weighted by Gasteiger charge is -2.22. The highest BCUT2D eigenvalue weighted by atomic mass is 16.1. The quantitative estimate of drug-likeness (QED) is 0.353. The standard InChI is InChI=1S/C28H35N7O/c1-3-4-14-26-20(2)34(18-21-10-6-5-7-11-21)28(36)35(26)19-23-16-15-22(17-29-23)24-12-8-9-13-25(24)27-30-32-33-31-27/h8-9,12-13,15-17,21H,3-7,10-11,14,18-19H2,1-2H3,(H,30,31,32,33). The van der Waals surface area contributed by atoms with Gasteiger partial charge in [0, 0.05) is 35.3 Å². The molecule has 1 fully saturated rings. The van der Waals surface area contributed by atoms with Crippen LogP contribution in [0.15, 0.2) is 47.4 Å². The van der Waals surface area contributed by atoms with E-state index in [1.54, 1.807) is 0 Å².